The van der Waals surface area contributed by atoms with E-state index < -0.39 is 57.6 Å². The number of carbonyl (C=O) groups is 4. The molecule has 3 heterocycles. The van der Waals surface area contributed by atoms with E-state index in [4.69, 9.17) is 28.4 Å². The van der Waals surface area contributed by atoms with Gasteiger partial charge in [0.15, 0.2) is 6.10 Å². The Balaban J connectivity index is 1.71. The zero-order chi connectivity index (χ0) is 28.4. The standard InChI is InChI=1S/C29H42O10/c1-7-17(2)24(33)39-23-22(38-19(4)31)25(5)12-27(11-21(32)35-13-27)14-36-26(25,6)20-9-8-10-28(15-37-28)29(20,23)16-34-18(3)30/h17,20,22-23H,7-16H2,1-6H3. The zero-order valence-corrected chi connectivity index (χ0v) is 24.0. The highest BCUT2D eigenvalue weighted by atomic mass is 16.6. The number of esters is 4. The number of rotatable bonds is 6. The monoisotopic (exact) mass is 550 g/mol. The van der Waals surface area contributed by atoms with E-state index in [1.165, 1.54) is 13.8 Å². The largest absolute Gasteiger partial charge is 0.465 e. The number of carbonyl (C=O) groups excluding carboxylic acids is 4. The molecule has 0 radical (unpaired) electrons. The normalized spacial score (nSPS) is 45.1. The van der Waals surface area contributed by atoms with Crippen molar-refractivity contribution in [2.45, 2.75) is 103 Å². The van der Waals surface area contributed by atoms with Gasteiger partial charge < -0.3 is 28.4 Å². The number of cyclic esters (lactones) is 1. The van der Waals surface area contributed by atoms with Gasteiger partial charge >= 0.3 is 23.9 Å². The number of hydrogen-bond donors (Lipinski definition) is 0. The van der Waals surface area contributed by atoms with Gasteiger partial charge in [-0.1, -0.05) is 27.2 Å². The molecule has 2 saturated carbocycles. The first-order valence-electron chi connectivity index (χ1n) is 14.2. The number of epoxide rings is 1. The molecular formula is C29H42O10. The molecule has 0 aromatic rings. The first-order chi connectivity index (χ1) is 18.3. The summed E-state index contributed by atoms with van der Waals surface area (Å²) in [5, 5.41) is 0. The molecule has 0 aromatic carbocycles. The Labute approximate surface area is 229 Å². The van der Waals surface area contributed by atoms with Gasteiger partial charge in [0, 0.05) is 30.6 Å². The molecule has 5 aliphatic rings. The third kappa shape index (κ3) is 4.11. The van der Waals surface area contributed by atoms with Crippen LogP contribution < -0.4 is 0 Å². The minimum atomic E-state index is -0.999. The Kier molecular flexibility index (Phi) is 6.85. The van der Waals surface area contributed by atoms with Crippen molar-refractivity contribution in [2.24, 2.45) is 28.1 Å². The summed E-state index contributed by atoms with van der Waals surface area (Å²) in [6.07, 6.45) is 1.66. The van der Waals surface area contributed by atoms with Crippen molar-refractivity contribution >= 4 is 23.9 Å². The fourth-order valence-electron chi connectivity index (χ4n) is 8.41. The summed E-state index contributed by atoms with van der Waals surface area (Å²) >= 11 is 0. The van der Waals surface area contributed by atoms with E-state index in [2.05, 4.69) is 0 Å². The van der Waals surface area contributed by atoms with Gasteiger partial charge in [-0.25, -0.2) is 0 Å². The van der Waals surface area contributed by atoms with Crippen LogP contribution in [0.15, 0.2) is 0 Å². The number of hydrogen-bond acceptors (Lipinski definition) is 10. The first-order valence-corrected chi connectivity index (χ1v) is 14.2. The lowest BCUT2D eigenvalue weighted by molar-refractivity contribution is -0.349. The fourth-order valence-corrected chi connectivity index (χ4v) is 8.41. The number of ether oxygens (including phenoxy) is 6. The Morgan fingerprint density at radius 2 is 1.74 bits per heavy atom. The lowest BCUT2D eigenvalue weighted by Crippen LogP contribution is -2.80. The van der Waals surface area contributed by atoms with Gasteiger partial charge in [0.2, 0.25) is 0 Å². The summed E-state index contributed by atoms with van der Waals surface area (Å²) in [4.78, 5) is 50.7. The van der Waals surface area contributed by atoms with Crippen LogP contribution in [0.2, 0.25) is 0 Å². The summed E-state index contributed by atoms with van der Waals surface area (Å²) in [5.74, 6) is -2.29. The van der Waals surface area contributed by atoms with E-state index in [0.717, 1.165) is 12.8 Å². The molecule has 0 amide bonds. The van der Waals surface area contributed by atoms with Crippen LogP contribution in [0.1, 0.15) is 80.1 Å². The van der Waals surface area contributed by atoms with E-state index in [1.54, 1.807) is 6.92 Å². The molecule has 0 aromatic heterocycles. The maximum Gasteiger partial charge on any atom is 0.309 e. The predicted octanol–water partition coefficient (Wildman–Crippen LogP) is 3.13. The molecule has 5 rings (SSSR count). The minimum absolute atomic E-state index is 0.0506. The number of fused-ring (bicyclic) bond motifs is 4. The predicted molar refractivity (Wildman–Crippen MR) is 135 cm³/mol. The second-order valence-corrected chi connectivity index (χ2v) is 13.1. The Morgan fingerprint density at radius 1 is 1.03 bits per heavy atom. The third-order valence-electron chi connectivity index (χ3n) is 10.8. The van der Waals surface area contributed by atoms with Crippen LogP contribution >= 0.6 is 0 Å². The molecule has 3 saturated heterocycles. The maximum atomic E-state index is 13.5. The van der Waals surface area contributed by atoms with Crippen molar-refractivity contribution in [1.29, 1.82) is 0 Å². The molecule has 0 N–H and O–H groups in total. The molecule has 39 heavy (non-hydrogen) atoms. The molecule has 5 fully saturated rings. The molecular weight excluding hydrogens is 508 g/mol. The van der Waals surface area contributed by atoms with Gasteiger partial charge in [-0.05, 0) is 32.6 Å². The van der Waals surface area contributed by atoms with Crippen LogP contribution in [0.5, 0.6) is 0 Å². The van der Waals surface area contributed by atoms with E-state index in [9.17, 15) is 19.2 Å². The molecule has 9 atom stereocenters. The summed E-state index contributed by atoms with van der Waals surface area (Å²) in [6.45, 7) is 11.4. The van der Waals surface area contributed by atoms with Gasteiger partial charge in [0.1, 0.15) is 18.3 Å². The second-order valence-electron chi connectivity index (χ2n) is 13.1. The Bertz CT molecular complexity index is 1050. The van der Waals surface area contributed by atoms with Gasteiger partial charge in [0.05, 0.1) is 43.2 Å². The smallest absolute Gasteiger partial charge is 0.309 e. The van der Waals surface area contributed by atoms with Crippen LogP contribution in [-0.4, -0.2) is 73.7 Å². The Morgan fingerprint density at radius 3 is 2.31 bits per heavy atom. The molecule has 3 aliphatic heterocycles. The van der Waals surface area contributed by atoms with Gasteiger partial charge in [0.25, 0.3) is 0 Å². The fraction of sp³-hybridized carbons (Fsp3) is 0.862. The van der Waals surface area contributed by atoms with E-state index in [-0.39, 0.29) is 37.4 Å². The first kappa shape index (κ1) is 28.3. The maximum absolute atomic E-state index is 13.5. The topological polar surface area (TPSA) is 127 Å². The van der Waals surface area contributed by atoms with E-state index in [0.29, 0.717) is 32.5 Å². The van der Waals surface area contributed by atoms with Crippen molar-refractivity contribution in [3.63, 3.8) is 0 Å². The molecule has 0 bridgehead atoms. The zero-order valence-electron chi connectivity index (χ0n) is 24.0. The lowest BCUT2D eigenvalue weighted by atomic mass is 9.40. The van der Waals surface area contributed by atoms with Crippen LogP contribution in [0.25, 0.3) is 0 Å². The highest BCUT2D eigenvalue weighted by Gasteiger charge is 2.82. The van der Waals surface area contributed by atoms with Gasteiger partial charge in [-0.3, -0.25) is 19.2 Å². The second kappa shape index (κ2) is 9.43. The average Bonchev–Trinajstić information content (AvgIpc) is 3.56. The summed E-state index contributed by atoms with van der Waals surface area (Å²) < 4.78 is 36.8. The van der Waals surface area contributed by atoms with E-state index >= 15 is 0 Å². The average molecular weight is 551 g/mol. The van der Waals surface area contributed by atoms with Crippen molar-refractivity contribution < 1.29 is 47.6 Å². The van der Waals surface area contributed by atoms with Crippen LogP contribution in [-0.2, 0) is 47.6 Å². The summed E-state index contributed by atoms with van der Waals surface area (Å²) in [5.41, 5.74) is -4.01. The van der Waals surface area contributed by atoms with Crippen molar-refractivity contribution in [3.05, 3.63) is 0 Å². The van der Waals surface area contributed by atoms with Crippen molar-refractivity contribution in [2.75, 3.05) is 26.4 Å². The molecule has 10 nitrogen and oxygen atoms in total. The summed E-state index contributed by atoms with van der Waals surface area (Å²) in [6, 6.07) is 0. The highest BCUT2D eigenvalue weighted by molar-refractivity contribution is 5.73. The third-order valence-corrected chi connectivity index (χ3v) is 10.8. The summed E-state index contributed by atoms with van der Waals surface area (Å²) in [7, 11) is 0. The SMILES string of the molecule is CCC(C)C(=O)OC1C(OC(C)=O)C2(C)CC3(COC(=O)C3)COC2(C)C2CCCC3(CO3)C12COC(C)=O. The highest BCUT2D eigenvalue weighted by Crippen LogP contribution is 2.72. The van der Waals surface area contributed by atoms with Gasteiger partial charge in [-0.15, -0.1) is 0 Å². The van der Waals surface area contributed by atoms with Crippen LogP contribution in [0.4, 0.5) is 0 Å². The van der Waals surface area contributed by atoms with Crippen molar-refractivity contribution in [3.8, 4) is 0 Å². The Hall–Kier alpha value is -2.20. The lowest BCUT2D eigenvalue weighted by Gasteiger charge is -2.70. The molecule has 10 heteroatoms. The van der Waals surface area contributed by atoms with E-state index in [1.807, 2.05) is 20.8 Å². The quantitative estimate of drug-likeness (QED) is 0.276. The van der Waals surface area contributed by atoms with Crippen molar-refractivity contribution in [1.82, 2.24) is 0 Å². The molecule has 2 aliphatic carbocycles. The molecule has 218 valence electrons. The van der Waals surface area contributed by atoms with Crippen LogP contribution in [0.3, 0.4) is 0 Å². The molecule has 9 unspecified atom stereocenters. The minimum Gasteiger partial charge on any atom is -0.465 e. The molecule has 2 spiro atoms. The van der Waals surface area contributed by atoms with Crippen LogP contribution in [0, 0.1) is 28.1 Å². The van der Waals surface area contributed by atoms with Gasteiger partial charge in [-0.2, -0.15) is 0 Å².